The van der Waals surface area contributed by atoms with Crippen molar-refractivity contribution in [1.82, 2.24) is 0 Å². The lowest BCUT2D eigenvalue weighted by Crippen LogP contribution is -2.39. The van der Waals surface area contributed by atoms with Crippen molar-refractivity contribution in [3.8, 4) is 0 Å². The van der Waals surface area contributed by atoms with Gasteiger partial charge in [-0.25, -0.2) is 0 Å². The molecule has 18 heavy (non-hydrogen) atoms. The first-order chi connectivity index (χ1) is 8.71. The molecule has 0 radical (unpaired) electrons. The maximum absolute atomic E-state index is 11.4. The fourth-order valence-electron chi connectivity index (χ4n) is 2.88. The first-order valence-electron chi connectivity index (χ1n) is 6.41. The Balaban J connectivity index is 2.02. The summed E-state index contributed by atoms with van der Waals surface area (Å²) in [5.41, 5.74) is 0.652. The van der Waals surface area contributed by atoms with Gasteiger partial charge in [0.05, 0.1) is 5.41 Å². The van der Waals surface area contributed by atoms with Gasteiger partial charge in [0.25, 0.3) is 0 Å². The lowest BCUT2D eigenvalue weighted by molar-refractivity contribution is -0.154. The normalized spacial score (nSPS) is 17.3. The number of carboxylic acid groups (broad SMARTS) is 1. The zero-order valence-corrected chi connectivity index (χ0v) is 10.2. The molecule has 0 unspecified atom stereocenters. The highest BCUT2D eigenvalue weighted by Gasteiger charge is 2.44. The third kappa shape index (κ3) is 1.69. The van der Waals surface area contributed by atoms with Gasteiger partial charge in [-0.05, 0) is 35.6 Å². The van der Waals surface area contributed by atoms with E-state index >= 15 is 0 Å². The van der Waals surface area contributed by atoms with Crippen molar-refractivity contribution in [2.24, 2.45) is 5.41 Å². The number of aliphatic carboxylic acids is 1. The monoisotopic (exact) mass is 240 g/mol. The van der Waals surface area contributed by atoms with Crippen LogP contribution in [0.25, 0.3) is 10.8 Å². The van der Waals surface area contributed by atoms with Crippen molar-refractivity contribution in [1.29, 1.82) is 0 Å². The van der Waals surface area contributed by atoms with Crippen LogP contribution in [0, 0.1) is 5.41 Å². The van der Waals surface area contributed by atoms with E-state index in [0.29, 0.717) is 6.42 Å². The highest BCUT2D eigenvalue weighted by Crippen LogP contribution is 2.44. The van der Waals surface area contributed by atoms with E-state index in [2.05, 4.69) is 24.3 Å². The van der Waals surface area contributed by atoms with Gasteiger partial charge in [0.15, 0.2) is 0 Å². The van der Waals surface area contributed by atoms with E-state index in [4.69, 9.17) is 0 Å². The zero-order valence-electron chi connectivity index (χ0n) is 10.2. The van der Waals surface area contributed by atoms with Crippen molar-refractivity contribution < 1.29 is 9.90 Å². The molecule has 0 aliphatic heterocycles. The first kappa shape index (κ1) is 11.3. The van der Waals surface area contributed by atoms with Crippen molar-refractivity contribution in [2.75, 3.05) is 0 Å². The van der Waals surface area contributed by atoms with Crippen LogP contribution < -0.4 is 0 Å². The second kappa shape index (κ2) is 4.13. The van der Waals surface area contributed by atoms with Gasteiger partial charge < -0.3 is 5.11 Å². The van der Waals surface area contributed by atoms with Crippen LogP contribution in [0.2, 0.25) is 0 Å². The van der Waals surface area contributed by atoms with Gasteiger partial charge in [-0.3, -0.25) is 4.79 Å². The Morgan fingerprint density at radius 1 is 1.11 bits per heavy atom. The number of carbonyl (C=O) groups is 1. The molecule has 1 aliphatic rings. The minimum atomic E-state index is -0.637. The van der Waals surface area contributed by atoms with E-state index in [1.165, 1.54) is 10.8 Å². The summed E-state index contributed by atoms with van der Waals surface area (Å²) in [5.74, 6) is -0.637. The third-order valence-electron chi connectivity index (χ3n) is 4.17. The van der Waals surface area contributed by atoms with Crippen LogP contribution in [-0.2, 0) is 11.2 Å². The second-order valence-electron chi connectivity index (χ2n) is 5.25. The predicted molar refractivity (Wildman–Crippen MR) is 71.6 cm³/mol. The third-order valence-corrected chi connectivity index (χ3v) is 4.17. The topological polar surface area (TPSA) is 37.3 Å². The minimum absolute atomic E-state index is 0.510. The zero-order chi connectivity index (χ0) is 12.6. The molecule has 0 bridgehead atoms. The van der Waals surface area contributed by atoms with E-state index in [9.17, 15) is 9.90 Å². The number of hydrogen-bond donors (Lipinski definition) is 1. The van der Waals surface area contributed by atoms with Crippen LogP contribution in [-0.4, -0.2) is 11.1 Å². The Bertz CT molecular complexity index is 592. The molecule has 2 aromatic carbocycles. The van der Waals surface area contributed by atoms with Crippen LogP contribution in [0.3, 0.4) is 0 Å². The maximum Gasteiger partial charge on any atom is 0.309 e. The van der Waals surface area contributed by atoms with Gasteiger partial charge in [-0.1, -0.05) is 48.9 Å². The molecule has 0 atom stereocenters. The van der Waals surface area contributed by atoms with Gasteiger partial charge in [0, 0.05) is 0 Å². The summed E-state index contributed by atoms with van der Waals surface area (Å²) in [6.45, 7) is 0. The van der Waals surface area contributed by atoms with Gasteiger partial charge in [-0.2, -0.15) is 0 Å². The molecule has 2 nitrogen and oxygen atoms in total. The van der Waals surface area contributed by atoms with Crippen LogP contribution >= 0.6 is 0 Å². The maximum atomic E-state index is 11.4. The number of hydrogen-bond acceptors (Lipinski definition) is 1. The van der Waals surface area contributed by atoms with Gasteiger partial charge in [-0.15, -0.1) is 0 Å². The quantitative estimate of drug-likeness (QED) is 0.889. The molecule has 0 spiro atoms. The molecule has 2 aromatic rings. The Hall–Kier alpha value is -1.83. The van der Waals surface area contributed by atoms with E-state index in [1.54, 1.807) is 0 Å². The summed E-state index contributed by atoms with van der Waals surface area (Å²) in [7, 11) is 0. The lowest BCUT2D eigenvalue weighted by Gasteiger charge is -2.38. The van der Waals surface area contributed by atoms with Crippen LogP contribution in [0.4, 0.5) is 0 Å². The smallest absolute Gasteiger partial charge is 0.309 e. The second-order valence-corrected chi connectivity index (χ2v) is 5.25. The average Bonchev–Trinajstić information content (AvgIpc) is 2.33. The number of carboxylic acids is 1. The largest absolute Gasteiger partial charge is 0.481 e. The molecule has 2 heteroatoms. The van der Waals surface area contributed by atoms with Crippen LogP contribution in [0.5, 0.6) is 0 Å². The SMILES string of the molecule is O=C(O)C1(Cc2cccc3ccccc23)CCC1. The Morgan fingerprint density at radius 3 is 2.50 bits per heavy atom. The summed E-state index contributed by atoms with van der Waals surface area (Å²) >= 11 is 0. The van der Waals surface area contributed by atoms with Crippen LogP contribution in [0.1, 0.15) is 24.8 Å². The molecule has 0 saturated heterocycles. The number of benzene rings is 2. The Labute approximate surface area is 106 Å². The molecule has 1 saturated carbocycles. The molecule has 0 aromatic heterocycles. The fraction of sp³-hybridized carbons (Fsp3) is 0.312. The molecule has 0 amide bonds. The van der Waals surface area contributed by atoms with Gasteiger partial charge in [0.2, 0.25) is 0 Å². The van der Waals surface area contributed by atoms with E-state index in [1.807, 2.05) is 18.2 Å². The van der Waals surface area contributed by atoms with Crippen molar-refractivity contribution in [2.45, 2.75) is 25.7 Å². The van der Waals surface area contributed by atoms with E-state index in [0.717, 1.165) is 24.8 Å². The summed E-state index contributed by atoms with van der Waals surface area (Å²) in [6.07, 6.45) is 3.32. The molecule has 1 aliphatic carbocycles. The van der Waals surface area contributed by atoms with Crippen LogP contribution in [0.15, 0.2) is 42.5 Å². The summed E-state index contributed by atoms with van der Waals surface area (Å²) in [4.78, 5) is 11.4. The summed E-state index contributed by atoms with van der Waals surface area (Å²) in [5, 5.41) is 11.8. The molecule has 92 valence electrons. The first-order valence-corrected chi connectivity index (χ1v) is 6.41. The summed E-state index contributed by atoms with van der Waals surface area (Å²) < 4.78 is 0. The highest BCUT2D eigenvalue weighted by atomic mass is 16.4. The minimum Gasteiger partial charge on any atom is -0.481 e. The fourth-order valence-corrected chi connectivity index (χ4v) is 2.88. The molecular weight excluding hydrogens is 224 g/mol. The molecule has 0 heterocycles. The van der Waals surface area contributed by atoms with Gasteiger partial charge >= 0.3 is 5.97 Å². The number of fused-ring (bicyclic) bond motifs is 1. The highest BCUT2D eigenvalue weighted by molar-refractivity contribution is 5.86. The Morgan fingerprint density at radius 2 is 1.83 bits per heavy atom. The van der Waals surface area contributed by atoms with E-state index in [-0.39, 0.29) is 0 Å². The number of rotatable bonds is 3. The molecule has 3 rings (SSSR count). The van der Waals surface area contributed by atoms with Crippen molar-refractivity contribution in [3.05, 3.63) is 48.0 Å². The lowest BCUT2D eigenvalue weighted by atomic mass is 9.65. The molecule has 1 fully saturated rings. The van der Waals surface area contributed by atoms with Crippen molar-refractivity contribution in [3.63, 3.8) is 0 Å². The summed E-state index contributed by atoms with van der Waals surface area (Å²) in [6, 6.07) is 14.3. The standard InChI is InChI=1S/C16H16O2/c17-15(18)16(9-4-10-16)11-13-7-3-6-12-5-1-2-8-14(12)13/h1-3,5-8H,4,9-11H2,(H,17,18). The molecule has 1 N–H and O–H groups in total. The molecular formula is C16H16O2. The van der Waals surface area contributed by atoms with Crippen molar-refractivity contribution >= 4 is 16.7 Å². The van der Waals surface area contributed by atoms with E-state index < -0.39 is 11.4 Å². The van der Waals surface area contributed by atoms with Gasteiger partial charge in [0.1, 0.15) is 0 Å². The average molecular weight is 240 g/mol. The Kier molecular flexibility index (Phi) is 2.58. The predicted octanol–water partition coefficient (Wildman–Crippen LogP) is 3.64.